The first-order chi connectivity index (χ1) is 13.2. The number of morpholine rings is 1. The molecule has 0 bridgehead atoms. The third kappa shape index (κ3) is 3.99. The molecule has 3 aromatic rings. The Kier molecular flexibility index (Phi) is 5.13. The van der Waals surface area contributed by atoms with Crippen molar-refractivity contribution in [3.63, 3.8) is 0 Å². The van der Waals surface area contributed by atoms with Crippen molar-refractivity contribution in [3.8, 4) is 0 Å². The van der Waals surface area contributed by atoms with E-state index in [0.29, 0.717) is 31.2 Å². The van der Waals surface area contributed by atoms with Crippen molar-refractivity contribution in [1.29, 1.82) is 0 Å². The summed E-state index contributed by atoms with van der Waals surface area (Å²) >= 11 is 0. The van der Waals surface area contributed by atoms with Crippen LogP contribution in [0.15, 0.2) is 59.5 Å². The van der Waals surface area contributed by atoms with E-state index < -0.39 is 0 Å². The maximum Gasteiger partial charge on any atom is 0.259 e. The molecule has 3 heterocycles. The summed E-state index contributed by atoms with van der Waals surface area (Å²) in [6, 6.07) is 13.5. The standard InChI is InChI=1S/C20H21FN4O2/c21-16-6-4-15(5-7-16)17(24-9-11-27-12-10-24)14-22-18-13-20(26)25-8-2-1-3-19(25)23-18/h1-8,13,17,22H,9-12,14H2. The Bertz CT molecular complexity index is 968. The van der Waals surface area contributed by atoms with Gasteiger partial charge in [0.1, 0.15) is 17.3 Å². The molecule has 1 fully saturated rings. The highest BCUT2D eigenvalue weighted by Gasteiger charge is 2.22. The molecule has 0 radical (unpaired) electrons. The van der Waals surface area contributed by atoms with Gasteiger partial charge in [-0.1, -0.05) is 18.2 Å². The molecule has 6 nitrogen and oxygen atoms in total. The van der Waals surface area contributed by atoms with Crippen LogP contribution in [0.5, 0.6) is 0 Å². The molecule has 2 aromatic heterocycles. The molecule has 1 aliphatic rings. The third-order valence-electron chi connectivity index (χ3n) is 4.79. The van der Waals surface area contributed by atoms with Crippen molar-refractivity contribution >= 4 is 11.5 Å². The summed E-state index contributed by atoms with van der Waals surface area (Å²) in [6.45, 7) is 3.51. The number of pyridine rings is 1. The van der Waals surface area contributed by atoms with Crippen molar-refractivity contribution in [2.24, 2.45) is 0 Å². The molecule has 4 rings (SSSR count). The van der Waals surface area contributed by atoms with Crippen LogP contribution in [0, 0.1) is 5.82 Å². The highest BCUT2D eigenvalue weighted by atomic mass is 19.1. The Morgan fingerprint density at radius 2 is 1.93 bits per heavy atom. The molecule has 1 aromatic carbocycles. The molecule has 0 spiro atoms. The van der Waals surface area contributed by atoms with Gasteiger partial charge in [0.2, 0.25) is 0 Å². The minimum absolute atomic E-state index is 0.0329. The third-order valence-corrected chi connectivity index (χ3v) is 4.79. The summed E-state index contributed by atoms with van der Waals surface area (Å²) in [7, 11) is 0. The Morgan fingerprint density at radius 3 is 2.70 bits per heavy atom. The van der Waals surface area contributed by atoms with Gasteiger partial charge in [-0.3, -0.25) is 14.1 Å². The summed E-state index contributed by atoms with van der Waals surface area (Å²) in [5.74, 6) is 0.281. The van der Waals surface area contributed by atoms with E-state index in [2.05, 4.69) is 15.2 Å². The fourth-order valence-corrected chi connectivity index (χ4v) is 3.38. The lowest BCUT2D eigenvalue weighted by Crippen LogP contribution is -2.41. The molecule has 1 atom stereocenters. The van der Waals surface area contributed by atoms with E-state index in [1.807, 2.05) is 6.07 Å². The maximum atomic E-state index is 13.3. The SMILES string of the molecule is O=c1cc(NCC(c2ccc(F)cc2)N2CCOCC2)nc2ccccn12. The molecule has 1 saturated heterocycles. The van der Waals surface area contributed by atoms with Crippen LogP contribution in [-0.4, -0.2) is 47.1 Å². The van der Waals surface area contributed by atoms with Crippen LogP contribution in [0.1, 0.15) is 11.6 Å². The molecule has 1 aliphatic heterocycles. The van der Waals surface area contributed by atoms with Crippen molar-refractivity contribution < 1.29 is 9.13 Å². The number of anilines is 1. The smallest absolute Gasteiger partial charge is 0.259 e. The van der Waals surface area contributed by atoms with Gasteiger partial charge < -0.3 is 10.1 Å². The monoisotopic (exact) mass is 368 g/mol. The lowest BCUT2D eigenvalue weighted by atomic mass is 10.0. The summed E-state index contributed by atoms with van der Waals surface area (Å²) in [4.78, 5) is 19.1. The van der Waals surface area contributed by atoms with Gasteiger partial charge in [0.25, 0.3) is 5.56 Å². The van der Waals surface area contributed by atoms with Gasteiger partial charge in [-0.2, -0.15) is 0 Å². The lowest BCUT2D eigenvalue weighted by Gasteiger charge is -2.35. The number of nitrogens with zero attached hydrogens (tertiary/aromatic N) is 3. The van der Waals surface area contributed by atoms with Crippen molar-refractivity contribution in [3.05, 3.63) is 76.5 Å². The zero-order chi connectivity index (χ0) is 18.6. The van der Waals surface area contributed by atoms with Crippen LogP contribution in [0.2, 0.25) is 0 Å². The molecule has 0 aliphatic carbocycles. The van der Waals surface area contributed by atoms with Gasteiger partial charge in [-0.25, -0.2) is 9.37 Å². The minimum atomic E-state index is -0.253. The quantitative estimate of drug-likeness (QED) is 0.749. The molecular formula is C20H21FN4O2. The number of ether oxygens (including phenoxy) is 1. The zero-order valence-corrected chi connectivity index (χ0v) is 14.8. The number of halogens is 1. The van der Waals surface area contributed by atoms with Gasteiger partial charge in [-0.05, 0) is 29.8 Å². The second-order valence-electron chi connectivity index (χ2n) is 6.51. The van der Waals surface area contributed by atoms with E-state index >= 15 is 0 Å². The normalized spacial score (nSPS) is 16.3. The van der Waals surface area contributed by atoms with Gasteiger partial charge in [-0.15, -0.1) is 0 Å². The Hall–Kier alpha value is -2.77. The Labute approximate surface area is 156 Å². The Balaban J connectivity index is 1.58. The van der Waals surface area contributed by atoms with Crippen LogP contribution in [0.4, 0.5) is 10.2 Å². The first-order valence-corrected chi connectivity index (χ1v) is 9.00. The average molecular weight is 368 g/mol. The second kappa shape index (κ2) is 7.85. The number of hydrogen-bond donors (Lipinski definition) is 1. The van der Waals surface area contributed by atoms with Crippen molar-refractivity contribution in [2.75, 3.05) is 38.2 Å². The molecule has 1 unspecified atom stereocenters. The highest BCUT2D eigenvalue weighted by molar-refractivity contribution is 5.46. The number of aromatic nitrogens is 2. The number of rotatable bonds is 5. The molecule has 27 heavy (non-hydrogen) atoms. The van der Waals surface area contributed by atoms with E-state index in [-0.39, 0.29) is 17.4 Å². The summed E-state index contributed by atoms with van der Waals surface area (Å²) < 4.78 is 20.3. The first-order valence-electron chi connectivity index (χ1n) is 9.00. The average Bonchev–Trinajstić information content (AvgIpc) is 2.70. The summed E-state index contributed by atoms with van der Waals surface area (Å²) in [5.41, 5.74) is 1.48. The van der Waals surface area contributed by atoms with Gasteiger partial charge >= 0.3 is 0 Å². The predicted octanol–water partition coefficient (Wildman–Crippen LogP) is 2.32. The fraction of sp³-hybridized carbons (Fsp3) is 0.300. The number of benzene rings is 1. The second-order valence-corrected chi connectivity index (χ2v) is 6.51. The largest absolute Gasteiger partial charge is 0.379 e. The zero-order valence-electron chi connectivity index (χ0n) is 14.8. The molecule has 0 saturated carbocycles. The van der Waals surface area contributed by atoms with Gasteiger partial charge in [0.05, 0.1) is 19.3 Å². The summed E-state index contributed by atoms with van der Waals surface area (Å²) in [5, 5.41) is 3.29. The van der Waals surface area contributed by atoms with Gasteiger partial charge in [0, 0.05) is 31.9 Å². The number of hydrogen-bond acceptors (Lipinski definition) is 5. The van der Waals surface area contributed by atoms with E-state index in [9.17, 15) is 9.18 Å². The van der Waals surface area contributed by atoms with Crippen molar-refractivity contribution in [2.45, 2.75) is 6.04 Å². The maximum absolute atomic E-state index is 13.3. The molecule has 140 valence electrons. The fourth-order valence-electron chi connectivity index (χ4n) is 3.38. The van der Waals surface area contributed by atoms with E-state index in [4.69, 9.17) is 4.74 Å². The molecule has 1 N–H and O–H groups in total. The molecule has 0 amide bonds. The lowest BCUT2D eigenvalue weighted by molar-refractivity contribution is 0.0187. The highest BCUT2D eigenvalue weighted by Crippen LogP contribution is 2.23. The summed E-state index contributed by atoms with van der Waals surface area (Å²) in [6.07, 6.45) is 1.70. The molecule has 7 heteroatoms. The van der Waals surface area contributed by atoms with Crippen molar-refractivity contribution in [1.82, 2.24) is 14.3 Å². The first kappa shape index (κ1) is 17.6. The number of fused-ring (bicyclic) bond motifs is 1. The van der Waals surface area contributed by atoms with Crippen LogP contribution < -0.4 is 10.9 Å². The Morgan fingerprint density at radius 1 is 1.15 bits per heavy atom. The molecular weight excluding hydrogens is 347 g/mol. The van der Waals surface area contributed by atoms with Crippen LogP contribution in [-0.2, 0) is 4.74 Å². The van der Waals surface area contributed by atoms with Crippen LogP contribution >= 0.6 is 0 Å². The van der Waals surface area contributed by atoms with Gasteiger partial charge in [0.15, 0.2) is 0 Å². The van der Waals surface area contributed by atoms with Crippen LogP contribution in [0.3, 0.4) is 0 Å². The minimum Gasteiger partial charge on any atom is -0.379 e. The van der Waals surface area contributed by atoms with E-state index in [0.717, 1.165) is 18.7 Å². The van der Waals surface area contributed by atoms with E-state index in [1.165, 1.54) is 22.6 Å². The topological polar surface area (TPSA) is 58.9 Å². The predicted molar refractivity (Wildman–Crippen MR) is 101 cm³/mol. The van der Waals surface area contributed by atoms with Crippen LogP contribution in [0.25, 0.3) is 5.65 Å². The number of nitrogens with one attached hydrogen (secondary N) is 1. The van der Waals surface area contributed by atoms with E-state index in [1.54, 1.807) is 30.5 Å².